The Morgan fingerprint density at radius 2 is 1.55 bits per heavy atom. The molecule has 1 N–H and O–H groups in total. The van der Waals surface area contributed by atoms with Gasteiger partial charge in [0.1, 0.15) is 17.1 Å². The highest BCUT2D eigenvalue weighted by atomic mass is 32.1. The quantitative estimate of drug-likeness (QED) is 0.358. The molecule has 1 saturated heterocycles. The number of rotatable bonds is 5. The van der Waals surface area contributed by atoms with E-state index in [1.165, 1.54) is 4.90 Å². The van der Waals surface area contributed by atoms with E-state index in [1.54, 1.807) is 30.3 Å². The van der Waals surface area contributed by atoms with Gasteiger partial charge in [0.2, 0.25) is 0 Å². The molecule has 0 atom stereocenters. The van der Waals surface area contributed by atoms with E-state index in [2.05, 4.69) is 5.32 Å². The molecule has 0 aliphatic carbocycles. The first-order valence-corrected chi connectivity index (χ1v) is 10.3. The maximum atomic E-state index is 13.2. The van der Waals surface area contributed by atoms with Gasteiger partial charge in [0, 0.05) is 0 Å². The van der Waals surface area contributed by atoms with Gasteiger partial charge in [-0.2, -0.15) is 0 Å². The summed E-state index contributed by atoms with van der Waals surface area (Å²) >= 11 is 5.28. The number of para-hydroxylation sites is 1. The number of carbonyl (C=O) groups excluding carboxylic acids is 2. The van der Waals surface area contributed by atoms with Gasteiger partial charge < -0.3 is 4.74 Å². The Balaban J connectivity index is 1.62. The average Bonchev–Trinajstić information content (AvgIpc) is 2.78. The van der Waals surface area contributed by atoms with Gasteiger partial charge in [-0.25, -0.2) is 0 Å². The van der Waals surface area contributed by atoms with Crippen molar-refractivity contribution in [2.45, 2.75) is 13.3 Å². The number of benzene rings is 3. The first-order chi connectivity index (χ1) is 15.1. The Labute approximate surface area is 186 Å². The summed E-state index contributed by atoms with van der Waals surface area (Å²) in [7, 11) is 0. The van der Waals surface area contributed by atoms with Crippen LogP contribution in [0.15, 0.2) is 84.4 Å². The zero-order valence-electron chi connectivity index (χ0n) is 16.9. The number of hydrogen-bond acceptors (Lipinski definition) is 4. The normalized spacial score (nSPS) is 15.2. The molecule has 6 heteroatoms. The number of anilines is 1. The second kappa shape index (κ2) is 8.93. The molecule has 1 aliphatic heterocycles. The Hall–Kier alpha value is -3.77. The fourth-order valence-corrected chi connectivity index (χ4v) is 3.61. The highest BCUT2D eigenvalue weighted by Gasteiger charge is 2.34. The summed E-state index contributed by atoms with van der Waals surface area (Å²) in [6, 6.07) is 24.1. The van der Waals surface area contributed by atoms with Crippen LogP contribution in [0.3, 0.4) is 0 Å². The summed E-state index contributed by atoms with van der Waals surface area (Å²) in [6.45, 7) is 2.03. The van der Waals surface area contributed by atoms with Crippen LogP contribution in [0.5, 0.6) is 11.5 Å². The van der Waals surface area contributed by atoms with Crippen molar-refractivity contribution < 1.29 is 14.3 Å². The van der Waals surface area contributed by atoms with Crippen LogP contribution >= 0.6 is 12.2 Å². The Bertz CT molecular complexity index is 1170. The van der Waals surface area contributed by atoms with Gasteiger partial charge in [-0.05, 0) is 72.2 Å². The largest absolute Gasteiger partial charge is 0.457 e. The molecule has 1 heterocycles. The van der Waals surface area contributed by atoms with Crippen LogP contribution in [0.2, 0.25) is 0 Å². The topological polar surface area (TPSA) is 58.6 Å². The molecule has 154 valence electrons. The second-order valence-corrected chi connectivity index (χ2v) is 7.31. The molecule has 0 aromatic heterocycles. The second-order valence-electron chi connectivity index (χ2n) is 6.92. The Kier molecular flexibility index (Phi) is 5.91. The van der Waals surface area contributed by atoms with E-state index in [-0.39, 0.29) is 10.7 Å². The number of thiocarbonyl (C=S) groups is 1. The summed E-state index contributed by atoms with van der Waals surface area (Å²) in [4.78, 5) is 27.0. The highest BCUT2D eigenvalue weighted by Crippen LogP contribution is 2.27. The van der Waals surface area contributed by atoms with Gasteiger partial charge in [0.05, 0.1) is 5.69 Å². The maximum Gasteiger partial charge on any atom is 0.270 e. The minimum absolute atomic E-state index is 0.0408. The van der Waals surface area contributed by atoms with Crippen molar-refractivity contribution in [3.8, 4) is 11.5 Å². The van der Waals surface area contributed by atoms with E-state index in [1.807, 2.05) is 61.5 Å². The fourth-order valence-electron chi connectivity index (χ4n) is 3.33. The standard InChI is InChI=1S/C25H20N2O3S/c1-2-17-8-6-7-9-18(17)16-22-23(28)26-25(31)27(24(22)29)19-12-14-21(15-13-19)30-20-10-4-3-5-11-20/h3-16H,2H2,1H3,(H,26,28,31). The third-order valence-electron chi connectivity index (χ3n) is 4.91. The van der Waals surface area contributed by atoms with Gasteiger partial charge >= 0.3 is 0 Å². The molecule has 0 bridgehead atoms. The average molecular weight is 429 g/mol. The van der Waals surface area contributed by atoms with Crippen molar-refractivity contribution in [2.24, 2.45) is 0 Å². The fraction of sp³-hybridized carbons (Fsp3) is 0.0800. The number of hydrogen-bond donors (Lipinski definition) is 1. The molecule has 1 aliphatic rings. The highest BCUT2D eigenvalue weighted by molar-refractivity contribution is 7.80. The van der Waals surface area contributed by atoms with Gasteiger partial charge in [-0.15, -0.1) is 0 Å². The third kappa shape index (κ3) is 4.39. The van der Waals surface area contributed by atoms with Crippen LogP contribution in [0.25, 0.3) is 6.08 Å². The molecule has 3 aromatic rings. The molecule has 1 fully saturated rings. The maximum absolute atomic E-state index is 13.2. The SMILES string of the molecule is CCc1ccccc1C=C1C(=O)NC(=S)N(c2ccc(Oc3ccccc3)cc2)C1=O. The van der Waals surface area contributed by atoms with E-state index in [0.717, 1.165) is 17.5 Å². The minimum atomic E-state index is -0.499. The molecule has 4 rings (SSSR count). The lowest BCUT2D eigenvalue weighted by Crippen LogP contribution is -2.54. The molecule has 0 saturated carbocycles. The molecular weight excluding hydrogens is 408 g/mol. The van der Waals surface area contributed by atoms with Crippen molar-refractivity contribution in [1.82, 2.24) is 5.32 Å². The summed E-state index contributed by atoms with van der Waals surface area (Å²) in [6.07, 6.45) is 2.42. The predicted molar refractivity (Wildman–Crippen MR) is 125 cm³/mol. The van der Waals surface area contributed by atoms with Crippen molar-refractivity contribution in [3.63, 3.8) is 0 Å². The zero-order chi connectivity index (χ0) is 21.8. The van der Waals surface area contributed by atoms with Crippen LogP contribution in [0.1, 0.15) is 18.1 Å². The Morgan fingerprint density at radius 1 is 0.903 bits per heavy atom. The van der Waals surface area contributed by atoms with E-state index in [9.17, 15) is 9.59 Å². The number of nitrogens with one attached hydrogen (secondary N) is 1. The lowest BCUT2D eigenvalue weighted by Gasteiger charge is -2.29. The number of amides is 2. The number of nitrogens with zero attached hydrogens (tertiary/aromatic N) is 1. The van der Waals surface area contributed by atoms with Crippen LogP contribution in [-0.2, 0) is 16.0 Å². The smallest absolute Gasteiger partial charge is 0.270 e. The lowest BCUT2D eigenvalue weighted by molar-refractivity contribution is -0.122. The molecule has 31 heavy (non-hydrogen) atoms. The molecule has 3 aromatic carbocycles. The molecule has 0 radical (unpaired) electrons. The van der Waals surface area contributed by atoms with Crippen molar-refractivity contribution in [1.29, 1.82) is 0 Å². The monoisotopic (exact) mass is 428 g/mol. The van der Waals surface area contributed by atoms with Crippen molar-refractivity contribution in [3.05, 3.63) is 95.6 Å². The first-order valence-electron chi connectivity index (χ1n) is 9.89. The molecule has 0 unspecified atom stereocenters. The van der Waals surface area contributed by atoms with Crippen LogP contribution in [0.4, 0.5) is 5.69 Å². The van der Waals surface area contributed by atoms with E-state index in [0.29, 0.717) is 17.2 Å². The van der Waals surface area contributed by atoms with E-state index in [4.69, 9.17) is 17.0 Å². The van der Waals surface area contributed by atoms with E-state index >= 15 is 0 Å². The van der Waals surface area contributed by atoms with Gasteiger partial charge in [-0.3, -0.25) is 19.8 Å². The third-order valence-corrected chi connectivity index (χ3v) is 5.20. The number of aryl methyl sites for hydroxylation is 1. The van der Waals surface area contributed by atoms with Crippen molar-refractivity contribution >= 4 is 40.9 Å². The van der Waals surface area contributed by atoms with E-state index < -0.39 is 11.8 Å². The summed E-state index contributed by atoms with van der Waals surface area (Å²) < 4.78 is 5.80. The number of ether oxygens (including phenoxy) is 1. The summed E-state index contributed by atoms with van der Waals surface area (Å²) in [5, 5.41) is 2.67. The molecular formula is C25H20N2O3S. The summed E-state index contributed by atoms with van der Waals surface area (Å²) in [5.74, 6) is 0.381. The molecule has 0 spiro atoms. The van der Waals surface area contributed by atoms with Crippen LogP contribution in [0, 0.1) is 0 Å². The zero-order valence-corrected chi connectivity index (χ0v) is 17.7. The number of carbonyl (C=O) groups is 2. The molecule has 2 amide bonds. The van der Waals surface area contributed by atoms with Crippen LogP contribution < -0.4 is 15.0 Å². The van der Waals surface area contributed by atoms with Gasteiger partial charge in [0.25, 0.3) is 11.8 Å². The molecule has 5 nitrogen and oxygen atoms in total. The Morgan fingerprint density at radius 3 is 2.26 bits per heavy atom. The lowest BCUT2D eigenvalue weighted by atomic mass is 10.0. The van der Waals surface area contributed by atoms with Gasteiger partial charge in [0.15, 0.2) is 5.11 Å². The summed E-state index contributed by atoms with van der Waals surface area (Å²) in [5.41, 5.74) is 2.48. The first kappa shape index (κ1) is 20.5. The van der Waals surface area contributed by atoms with Crippen LogP contribution in [-0.4, -0.2) is 16.9 Å². The van der Waals surface area contributed by atoms with Crippen molar-refractivity contribution in [2.75, 3.05) is 4.90 Å². The predicted octanol–water partition coefficient (Wildman–Crippen LogP) is 4.87. The van der Waals surface area contributed by atoms with Gasteiger partial charge in [-0.1, -0.05) is 49.4 Å². The minimum Gasteiger partial charge on any atom is -0.457 e.